The molecule has 2 aliphatic rings. The molecule has 5 nitrogen and oxygen atoms in total. The number of anilines is 1. The van der Waals surface area contributed by atoms with Crippen LogP contribution in [0.15, 0.2) is 54.6 Å². The molecule has 0 radical (unpaired) electrons. The summed E-state index contributed by atoms with van der Waals surface area (Å²) in [5.41, 5.74) is 2.14. The van der Waals surface area contributed by atoms with Crippen molar-refractivity contribution < 1.29 is 14.3 Å². The molecule has 4 rings (SSSR count). The fraction of sp³-hybridized carbons (Fsp3) is 0.440. The van der Waals surface area contributed by atoms with E-state index >= 15 is 0 Å². The SMILES string of the molecule is CCC1Oc2ccccc2N(CCC(=O)N2CCC(Cc3ccccc3)CC2)C1=O. The van der Waals surface area contributed by atoms with Gasteiger partial charge in [0.15, 0.2) is 6.10 Å². The quantitative estimate of drug-likeness (QED) is 0.727. The predicted molar refractivity (Wildman–Crippen MR) is 118 cm³/mol. The van der Waals surface area contributed by atoms with E-state index in [1.807, 2.05) is 42.2 Å². The largest absolute Gasteiger partial charge is 0.478 e. The highest BCUT2D eigenvalue weighted by Crippen LogP contribution is 2.34. The Labute approximate surface area is 178 Å². The van der Waals surface area contributed by atoms with Crippen molar-refractivity contribution in [2.24, 2.45) is 5.92 Å². The Balaban J connectivity index is 1.31. The summed E-state index contributed by atoms with van der Waals surface area (Å²) >= 11 is 0. The summed E-state index contributed by atoms with van der Waals surface area (Å²) in [5, 5.41) is 0. The number of hydrogen-bond donors (Lipinski definition) is 0. The van der Waals surface area contributed by atoms with E-state index in [0.29, 0.717) is 25.3 Å². The maximum atomic E-state index is 12.8. The molecule has 2 amide bonds. The number of carbonyl (C=O) groups is 2. The minimum atomic E-state index is -0.469. The third-order valence-corrected chi connectivity index (χ3v) is 6.22. The lowest BCUT2D eigenvalue weighted by atomic mass is 9.90. The second kappa shape index (κ2) is 9.33. The lowest BCUT2D eigenvalue weighted by Gasteiger charge is -2.35. The summed E-state index contributed by atoms with van der Waals surface area (Å²) in [6.45, 7) is 3.96. The molecule has 2 aliphatic heterocycles. The molecule has 1 saturated heterocycles. The van der Waals surface area contributed by atoms with Gasteiger partial charge in [-0.05, 0) is 49.3 Å². The van der Waals surface area contributed by atoms with Crippen LogP contribution in [0.4, 0.5) is 5.69 Å². The van der Waals surface area contributed by atoms with Crippen LogP contribution in [0.2, 0.25) is 0 Å². The second-order valence-corrected chi connectivity index (χ2v) is 8.24. The number of ether oxygens (including phenoxy) is 1. The first-order valence-electron chi connectivity index (χ1n) is 11.0. The molecule has 0 spiro atoms. The topological polar surface area (TPSA) is 49.9 Å². The van der Waals surface area contributed by atoms with Crippen LogP contribution in [0.25, 0.3) is 0 Å². The molecule has 5 heteroatoms. The molecule has 158 valence electrons. The van der Waals surface area contributed by atoms with Crippen molar-refractivity contribution in [1.29, 1.82) is 0 Å². The normalized spacial score (nSPS) is 19.4. The number of amides is 2. The van der Waals surface area contributed by atoms with Crippen molar-refractivity contribution in [2.45, 2.75) is 45.1 Å². The van der Waals surface area contributed by atoms with Crippen molar-refractivity contribution >= 4 is 17.5 Å². The molecule has 2 aromatic rings. The minimum absolute atomic E-state index is 0.0504. The molecule has 1 fully saturated rings. The van der Waals surface area contributed by atoms with E-state index in [-0.39, 0.29) is 11.8 Å². The summed E-state index contributed by atoms with van der Waals surface area (Å²) in [5.74, 6) is 1.44. The van der Waals surface area contributed by atoms with E-state index in [9.17, 15) is 9.59 Å². The average molecular weight is 407 g/mol. The number of likely N-dealkylation sites (tertiary alicyclic amines) is 1. The van der Waals surface area contributed by atoms with Crippen LogP contribution in [0, 0.1) is 5.92 Å². The Kier molecular flexibility index (Phi) is 6.36. The van der Waals surface area contributed by atoms with Crippen LogP contribution in [-0.2, 0) is 16.0 Å². The van der Waals surface area contributed by atoms with Gasteiger partial charge in [-0.3, -0.25) is 9.59 Å². The highest BCUT2D eigenvalue weighted by molar-refractivity contribution is 6.00. The highest BCUT2D eigenvalue weighted by atomic mass is 16.5. The molecule has 0 saturated carbocycles. The van der Waals surface area contributed by atoms with Crippen LogP contribution < -0.4 is 9.64 Å². The van der Waals surface area contributed by atoms with Gasteiger partial charge in [-0.2, -0.15) is 0 Å². The molecule has 1 atom stereocenters. The molecular formula is C25H30N2O3. The van der Waals surface area contributed by atoms with Crippen molar-refractivity contribution in [3.05, 3.63) is 60.2 Å². The molecular weight excluding hydrogens is 376 g/mol. The standard InChI is InChI=1S/C25H30N2O3/c1-2-22-25(29)27(21-10-6-7-11-23(21)30-22)17-14-24(28)26-15-12-20(13-16-26)18-19-8-4-3-5-9-19/h3-11,20,22H,2,12-18H2,1H3. The van der Waals surface area contributed by atoms with Crippen molar-refractivity contribution in [2.75, 3.05) is 24.5 Å². The van der Waals surface area contributed by atoms with Crippen LogP contribution in [0.1, 0.15) is 38.2 Å². The number of rotatable bonds is 6. The number of carbonyl (C=O) groups excluding carboxylic acids is 2. The van der Waals surface area contributed by atoms with Crippen molar-refractivity contribution in [1.82, 2.24) is 4.90 Å². The Bertz CT molecular complexity index is 875. The zero-order valence-corrected chi connectivity index (χ0v) is 17.6. The molecule has 2 aromatic carbocycles. The van der Waals surface area contributed by atoms with Gasteiger partial charge in [0.25, 0.3) is 5.91 Å². The van der Waals surface area contributed by atoms with E-state index in [1.165, 1.54) is 5.56 Å². The first kappa shape index (κ1) is 20.5. The molecule has 0 aromatic heterocycles. The summed E-state index contributed by atoms with van der Waals surface area (Å²) < 4.78 is 5.82. The van der Waals surface area contributed by atoms with Crippen LogP contribution >= 0.6 is 0 Å². The zero-order chi connectivity index (χ0) is 20.9. The van der Waals surface area contributed by atoms with Crippen molar-refractivity contribution in [3.63, 3.8) is 0 Å². The van der Waals surface area contributed by atoms with Gasteiger partial charge in [-0.1, -0.05) is 49.4 Å². The Hall–Kier alpha value is -2.82. The molecule has 1 unspecified atom stereocenters. The lowest BCUT2D eigenvalue weighted by molar-refractivity contribution is -0.132. The number of para-hydroxylation sites is 2. The van der Waals surface area contributed by atoms with Crippen molar-refractivity contribution in [3.8, 4) is 5.75 Å². The third-order valence-electron chi connectivity index (χ3n) is 6.22. The monoisotopic (exact) mass is 406 g/mol. The summed E-state index contributed by atoms with van der Waals surface area (Å²) in [7, 11) is 0. The van der Waals surface area contributed by atoms with Gasteiger partial charge in [0.2, 0.25) is 5.91 Å². The lowest BCUT2D eigenvalue weighted by Crippen LogP contribution is -2.47. The van der Waals surface area contributed by atoms with E-state index in [4.69, 9.17) is 4.74 Å². The van der Waals surface area contributed by atoms with E-state index in [1.54, 1.807) is 4.90 Å². The van der Waals surface area contributed by atoms with Gasteiger partial charge in [-0.25, -0.2) is 0 Å². The zero-order valence-electron chi connectivity index (χ0n) is 17.6. The van der Waals surface area contributed by atoms with Gasteiger partial charge >= 0.3 is 0 Å². The fourth-order valence-corrected chi connectivity index (χ4v) is 4.46. The molecule has 30 heavy (non-hydrogen) atoms. The predicted octanol–water partition coefficient (Wildman–Crippen LogP) is 4.06. The number of benzene rings is 2. The maximum absolute atomic E-state index is 12.8. The van der Waals surface area contributed by atoms with Gasteiger partial charge in [0.1, 0.15) is 5.75 Å². The second-order valence-electron chi connectivity index (χ2n) is 8.24. The van der Waals surface area contributed by atoms with Gasteiger partial charge < -0.3 is 14.5 Å². The Morgan fingerprint density at radius 1 is 1.03 bits per heavy atom. The molecule has 0 N–H and O–H groups in total. The van der Waals surface area contributed by atoms with Crippen LogP contribution in [0.3, 0.4) is 0 Å². The molecule has 0 aliphatic carbocycles. The average Bonchev–Trinajstić information content (AvgIpc) is 2.79. The first-order valence-corrected chi connectivity index (χ1v) is 11.0. The number of hydrogen-bond acceptors (Lipinski definition) is 3. The van der Waals surface area contributed by atoms with E-state index in [0.717, 1.165) is 43.8 Å². The third kappa shape index (κ3) is 4.50. The van der Waals surface area contributed by atoms with Crippen LogP contribution in [0.5, 0.6) is 5.75 Å². The first-order chi connectivity index (χ1) is 14.7. The summed E-state index contributed by atoms with van der Waals surface area (Å²) in [6, 6.07) is 18.2. The summed E-state index contributed by atoms with van der Waals surface area (Å²) in [6.07, 6.45) is 3.66. The van der Waals surface area contributed by atoms with Gasteiger partial charge in [-0.15, -0.1) is 0 Å². The van der Waals surface area contributed by atoms with Gasteiger partial charge in [0.05, 0.1) is 5.69 Å². The minimum Gasteiger partial charge on any atom is -0.478 e. The number of fused-ring (bicyclic) bond motifs is 1. The smallest absolute Gasteiger partial charge is 0.268 e. The molecule has 0 bridgehead atoms. The fourth-order valence-electron chi connectivity index (χ4n) is 4.46. The Morgan fingerprint density at radius 2 is 1.73 bits per heavy atom. The van der Waals surface area contributed by atoms with Gasteiger partial charge in [0, 0.05) is 26.1 Å². The van der Waals surface area contributed by atoms with Crippen LogP contribution in [-0.4, -0.2) is 42.5 Å². The van der Waals surface area contributed by atoms with E-state index < -0.39 is 6.10 Å². The molecule has 2 heterocycles. The maximum Gasteiger partial charge on any atom is 0.268 e. The number of piperidine rings is 1. The number of nitrogens with zero attached hydrogens (tertiary/aromatic N) is 2. The summed E-state index contributed by atoms with van der Waals surface area (Å²) in [4.78, 5) is 29.3. The van der Waals surface area contributed by atoms with E-state index in [2.05, 4.69) is 24.3 Å². The Morgan fingerprint density at radius 3 is 2.47 bits per heavy atom. The highest BCUT2D eigenvalue weighted by Gasteiger charge is 2.33.